The SMILES string of the molecule is Cc1cc(NC(=O)[C@H](C)SCC(=O)Nc2ccc(N[C@H](C)c3ccccc3)cc2)no1. The first-order valence-electron chi connectivity index (χ1n) is 9.98. The van der Waals surface area contributed by atoms with Gasteiger partial charge in [-0.2, -0.15) is 0 Å². The number of benzene rings is 2. The van der Waals surface area contributed by atoms with Crippen molar-refractivity contribution in [1.29, 1.82) is 0 Å². The minimum absolute atomic E-state index is 0.164. The van der Waals surface area contributed by atoms with Crippen LogP contribution in [0, 0.1) is 6.92 Å². The van der Waals surface area contributed by atoms with E-state index in [2.05, 4.69) is 40.2 Å². The number of aromatic nitrogens is 1. The van der Waals surface area contributed by atoms with Gasteiger partial charge in [0.2, 0.25) is 11.8 Å². The second kappa shape index (κ2) is 10.7. The number of nitrogens with zero attached hydrogens (tertiary/aromatic N) is 1. The number of aryl methyl sites for hydroxylation is 1. The number of hydrogen-bond acceptors (Lipinski definition) is 6. The van der Waals surface area contributed by atoms with E-state index >= 15 is 0 Å². The summed E-state index contributed by atoms with van der Waals surface area (Å²) in [4.78, 5) is 24.4. The number of thioether (sulfide) groups is 1. The molecule has 2 amide bonds. The molecule has 162 valence electrons. The Hall–Kier alpha value is -3.26. The highest BCUT2D eigenvalue weighted by atomic mass is 32.2. The van der Waals surface area contributed by atoms with Crippen molar-refractivity contribution in [2.45, 2.75) is 32.1 Å². The third kappa shape index (κ3) is 6.89. The van der Waals surface area contributed by atoms with Crippen LogP contribution in [0.3, 0.4) is 0 Å². The van der Waals surface area contributed by atoms with Crippen LogP contribution in [0.15, 0.2) is 65.2 Å². The van der Waals surface area contributed by atoms with E-state index in [9.17, 15) is 9.59 Å². The monoisotopic (exact) mass is 438 g/mol. The van der Waals surface area contributed by atoms with Gasteiger partial charge >= 0.3 is 0 Å². The van der Waals surface area contributed by atoms with Gasteiger partial charge in [-0.1, -0.05) is 35.5 Å². The predicted octanol–water partition coefficient (Wildman–Crippen LogP) is 4.86. The average molecular weight is 439 g/mol. The second-order valence-electron chi connectivity index (χ2n) is 7.17. The van der Waals surface area contributed by atoms with E-state index in [-0.39, 0.29) is 23.6 Å². The molecule has 7 nitrogen and oxygen atoms in total. The zero-order valence-electron chi connectivity index (χ0n) is 17.7. The molecule has 0 radical (unpaired) electrons. The highest BCUT2D eigenvalue weighted by Crippen LogP contribution is 2.21. The van der Waals surface area contributed by atoms with Crippen LogP contribution in [0.4, 0.5) is 17.2 Å². The molecule has 3 aromatic rings. The van der Waals surface area contributed by atoms with Crippen molar-refractivity contribution in [3.8, 4) is 0 Å². The molecule has 0 aliphatic rings. The molecule has 0 aliphatic heterocycles. The first-order chi connectivity index (χ1) is 14.9. The topological polar surface area (TPSA) is 96.3 Å². The fourth-order valence-corrected chi connectivity index (χ4v) is 3.54. The summed E-state index contributed by atoms with van der Waals surface area (Å²) in [5, 5.41) is 12.3. The second-order valence-corrected chi connectivity index (χ2v) is 8.50. The standard InChI is InChI=1S/C23H26N4O3S/c1-15-13-21(27-30-15)26-23(29)17(3)31-14-22(28)25-20-11-9-19(10-12-20)24-16(2)18-7-5-4-6-8-18/h4-13,16-17,24H,14H2,1-3H3,(H,25,28)(H,26,27,29)/t16-,17+/m1/s1. The predicted molar refractivity (Wildman–Crippen MR) is 125 cm³/mol. The Morgan fingerprint density at radius 2 is 1.68 bits per heavy atom. The van der Waals surface area contributed by atoms with Crippen LogP contribution in [0.2, 0.25) is 0 Å². The Morgan fingerprint density at radius 3 is 2.32 bits per heavy atom. The van der Waals surface area contributed by atoms with Crippen molar-refractivity contribution in [1.82, 2.24) is 5.16 Å². The normalized spacial score (nSPS) is 12.6. The average Bonchev–Trinajstić information content (AvgIpc) is 3.18. The molecule has 0 fully saturated rings. The minimum atomic E-state index is -0.409. The molecule has 1 heterocycles. The molecule has 31 heavy (non-hydrogen) atoms. The number of nitrogens with one attached hydrogen (secondary N) is 3. The van der Waals surface area contributed by atoms with Crippen molar-refractivity contribution < 1.29 is 14.1 Å². The molecule has 8 heteroatoms. The van der Waals surface area contributed by atoms with Crippen molar-refractivity contribution in [3.63, 3.8) is 0 Å². The molecule has 0 saturated heterocycles. The van der Waals surface area contributed by atoms with Crippen molar-refractivity contribution in [2.24, 2.45) is 0 Å². The van der Waals surface area contributed by atoms with Crippen LogP contribution in [0.5, 0.6) is 0 Å². The lowest BCUT2D eigenvalue weighted by atomic mass is 10.1. The van der Waals surface area contributed by atoms with Gasteiger partial charge < -0.3 is 20.5 Å². The van der Waals surface area contributed by atoms with Crippen LogP contribution in [-0.2, 0) is 9.59 Å². The molecule has 0 unspecified atom stereocenters. The van der Waals surface area contributed by atoms with E-state index < -0.39 is 5.25 Å². The summed E-state index contributed by atoms with van der Waals surface area (Å²) in [7, 11) is 0. The van der Waals surface area contributed by atoms with Gasteiger partial charge in [-0.15, -0.1) is 11.8 Å². The van der Waals surface area contributed by atoms with Crippen LogP contribution in [0.25, 0.3) is 0 Å². The summed E-state index contributed by atoms with van der Waals surface area (Å²) in [5.41, 5.74) is 2.88. The molecule has 1 aromatic heterocycles. The van der Waals surface area contributed by atoms with Crippen LogP contribution in [0.1, 0.15) is 31.2 Å². The summed E-state index contributed by atoms with van der Waals surface area (Å²) in [6, 6.07) is 19.6. The molecule has 3 rings (SSSR count). The van der Waals surface area contributed by atoms with Crippen LogP contribution < -0.4 is 16.0 Å². The van der Waals surface area contributed by atoms with Gasteiger partial charge in [0, 0.05) is 23.5 Å². The van der Waals surface area contributed by atoms with Gasteiger partial charge in [0.05, 0.1) is 11.0 Å². The molecule has 3 N–H and O–H groups in total. The smallest absolute Gasteiger partial charge is 0.238 e. The number of carbonyl (C=O) groups excluding carboxylic acids is 2. The maximum absolute atomic E-state index is 12.2. The zero-order chi connectivity index (χ0) is 22.2. The summed E-state index contributed by atoms with van der Waals surface area (Å²) in [6.45, 7) is 5.59. The molecular formula is C23H26N4O3S. The Labute approximate surface area is 186 Å². The Kier molecular flexibility index (Phi) is 7.72. The number of anilines is 3. The van der Waals surface area contributed by atoms with Crippen LogP contribution >= 0.6 is 11.8 Å². The maximum Gasteiger partial charge on any atom is 0.238 e. The molecule has 0 saturated carbocycles. The third-order valence-electron chi connectivity index (χ3n) is 4.56. The highest BCUT2D eigenvalue weighted by molar-refractivity contribution is 8.01. The first-order valence-corrected chi connectivity index (χ1v) is 11.0. The van der Waals surface area contributed by atoms with Gasteiger partial charge in [-0.3, -0.25) is 9.59 Å². The largest absolute Gasteiger partial charge is 0.379 e. The Bertz CT molecular complexity index is 1010. The molecule has 2 atom stereocenters. The van der Waals surface area contributed by atoms with Crippen molar-refractivity contribution >= 4 is 40.8 Å². The van der Waals surface area contributed by atoms with E-state index in [1.165, 1.54) is 17.3 Å². The van der Waals surface area contributed by atoms with Gasteiger partial charge in [-0.25, -0.2) is 0 Å². The summed E-state index contributed by atoms with van der Waals surface area (Å²) < 4.78 is 4.92. The van der Waals surface area contributed by atoms with E-state index in [1.807, 2.05) is 42.5 Å². The number of carbonyl (C=O) groups is 2. The molecular weight excluding hydrogens is 412 g/mol. The lowest BCUT2D eigenvalue weighted by Gasteiger charge is -2.16. The van der Waals surface area contributed by atoms with Gasteiger partial charge in [0.25, 0.3) is 0 Å². The quantitative estimate of drug-likeness (QED) is 0.442. The van der Waals surface area contributed by atoms with Crippen molar-refractivity contribution in [3.05, 3.63) is 72.0 Å². The number of rotatable bonds is 9. The fraction of sp³-hybridized carbons (Fsp3) is 0.261. The van der Waals surface area contributed by atoms with Gasteiger partial charge in [0.1, 0.15) is 5.76 Å². The Morgan fingerprint density at radius 1 is 1.00 bits per heavy atom. The Balaban J connectivity index is 1.43. The van der Waals surface area contributed by atoms with E-state index in [0.29, 0.717) is 17.3 Å². The molecule has 2 aromatic carbocycles. The summed E-state index contributed by atoms with van der Waals surface area (Å²) >= 11 is 1.25. The molecule has 0 aliphatic carbocycles. The lowest BCUT2D eigenvalue weighted by Crippen LogP contribution is -2.25. The minimum Gasteiger partial charge on any atom is -0.379 e. The van der Waals surface area contributed by atoms with E-state index in [1.54, 1.807) is 19.9 Å². The fourth-order valence-electron chi connectivity index (χ4n) is 2.85. The van der Waals surface area contributed by atoms with E-state index in [0.717, 1.165) is 5.69 Å². The van der Waals surface area contributed by atoms with Gasteiger partial charge in [-0.05, 0) is 50.6 Å². The first kappa shape index (κ1) is 22.4. The number of amides is 2. The van der Waals surface area contributed by atoms with Gasteiger partial charge in [0.15, 0.2) is 5.82 Å². The molecule has 0 bridgehead atoms. The lowest BCUT2D eigenvalue weighted by molar-refractivity contribution is -0.115. The number of hydrogen-bond donors (Lipinski definition) is 3. The zero-order valence-corrected chi connectivity index (χ0v) is 18.5. The summed E-state index contributed by atoms with van der Waals surface area (Å²) in [6.07, 6.45) is 0. The van der Waals surface area contributed by atoms with E-state index in [4.69, 9.17) is 4.52 Å². The summed E-state index contributed by atoms with van der Waals surface area (Å²) in [5.74, 6) is 0.757. The maximum atomic E-state index is 12.2. The van der Waals surface area contributed by atoms with Crippen molar-refractivity contribution in [2.75, 3.05) is 21.7 Å². The molecule has 0 spiro atoms. The highest BCUT2D eigenvalue weighted by Gasteiger charge is 2.17. The third-order valence-corrected chi connectivity index (χ3v) is 5.71. The van der Waals surface area contributed by atoms with Crippen LogP contribution in [-0.4, -0.2) is 28.0 Å².